The number of nitrogens with zero attached hydrogens (tertiary/aromatic N) is 3. The Kier molecular flexibility index (Phi) is 6.26. The van der Waals surface area contributed by atoms with Crippen LogP contribution in [0.4, 0.5) is 5.69 Å². The summed E-state index contributed by atoms with van der Waals surface area (Å²) in [6, 6.07) is 12.7. The first-order chi connectivity index (χ1) is 15.3. The van der Waals surface area contributed by atoms with Gasteiger partial charge in [-0.2, -0.15) is 0 Å². The van der Waals surface area contributed by atoms with E-state index in [1.54, 1.807) is 37.4 Å². The van der Waals surface area contributed by atoms with Crippen molar-refractivity contribution in [2.45, 2.75) is 25.8 Å². The van der Waals surface area contributed by atoms with Crippen LogP contribution >= 0.6 is 11.6 Å². The van der Waals surface area contributed by atoms with Gasteiger partial charge < -0.3 is 14.5 Å². The van der Waals surface area contributed by atoms with Crippen molar-refractivity contribution in [2.75, 3.05) is 39.2 Å². The molecule has 0 spiro atoms. The fraction of sp³-hybridized carbons (Fsp3) is 0.360. The smallest absolute Gasteiger partial charge is 0.282 e. The molecule has 2 aromatic rings. The lowest BCUT2D eigenvalue weighted by atomic mass is 10.00. The number of carbonyl (C=O) groups is 2. The van der Waals surface area contributed by atoms with Crippen LogP contribution in [-0.2, 0) is 9.59 Å². The Morgan fingerprint density at radius 1 is 1.03 bits per heavy atom. The third-order valence-electron chi connectivity index (χ3n) is 6.51. The maximum Gasteiger partial charge on any atom is 0.282 e. The molecule has 0 N–H and O–H groups in total. The van der Waals surface area contributed by atoms with Crippen LogP contribution < -0.4 is 9.64 Å². The van der Waals surface area contributed by atoms with Crippen molar-refractivity contribution in [3.63, 3.8) is 0 Å². The maximum atomic E-state index is 13.8. The molecule has 2 aromatic carbocycles. The lowest BCUT2D eigenvalue weighted by molar-refractivity contribution is -0.120. The van der Waals surface area contributed by atoms with Crippen molar-refractivity contribution in [1.82, 2.24) is 9.80 Å². The number of rotatable bonds is 5. The monoisotopic (exact) mass is 453 g/mol. The van der Waals surface area contributed by atoms with Crippen LogP contribution in [0, 0.1) is 6.92 Å². The molecule has 2 aliphatic heterocycles. The van der Waals surface area contributed by atoms with E-state index in [1.807, 2.05) is 31.0 Å². The first-order valence-electron chi connectivity index (χ1n) is 10.8. The molecule has 32 heavy (non-hydrogen) atoms. The van der Waals surface area contributed by atoms with Crippen LogP contribution in [-0.4, -0.2) is 62.0 Å². The van der Waals surface area contributed by atoms with Crippen LogP contribution in [0.2, 0.25) is 5.02 Å². The number of piperidine rings is 1. The SMILES string of the molecule is COc1ccc(C2=C(N(C)C3CCN(C)CC3)C(=O)N(c3cccc(Cl)c3C)C2=O)cc1. The van der Waals surface area contributed by atoms with Crippen molar-refractivity contribution < 1.29 is 14.3 Å². The van der Waals surface area contributed by atoms with Gasteiger partial charge in [0.05, 0.1) is 18.4 Å². The van der Waals surface area contributed by atoms with Gasteiger partial charge in [0, 0.05) is 18.1 Å². The number of methoxy groups -OCH3 is 1. The van der Waals surface area contributed by atoms with Gasteiger partial charge in [-0.25, -0.2) is 4.90 Å². The van der Waals surface area contributed by atoms with Crippen molar-refractivity contribution in [3.05, 3.63) is 64.3 Å². The summed E-state index contributed by atoms with van der Waals surface area (Å²) < 4.78 is 5.27. The molecule has 0 bridgehead atoms. The molecule has 0 radical (unpaired) electrons. The zero-order valence-corrected chi connectivity index (χ0v) is 19.6. The second-order valence-corrected chi connectivity index (χ2v) is 8.83. The minimum Gasteiger partial charge on any atom is -0.497 e. The summed E-state index contributed by atoms with van der Waals surface area (Å²) in [7, 11) is 5.63. The van der Waals surface area contributed by atoms with E-state index in [9.17, 15) is 9.59 Å². The van der Waals surface area contributed by atoms with Gasteiger partial charge in [-0.3, -0.25) is 9.59 Å². The minimum absolute atomic E-state index is 0.187. The van der Waals surface area contributed by atoms with E-state index < -0.39 is 0 Å². The van der Waals surface area contributed by atoms with Crippen molar-refractivity contribution >= 4 is 34.7 Å². The number of hydrogen-bond donors (Lipinski definition) is 0. The lowest BCUT2D eigenvalue weighted by Crippen LogP contribution is -2.43. The molecule has 2 aliphatic rings. The number of halogens is 1. The number of likely N-dealkylation sites (N-methyl/N-ethyl adjacent to an activating group) is 1. The Bertz CT molecular complexity index is 1070. The molecule has 2 heterocycles. The minimum atomic E-state index is -0.333. The molecule has 0 aliphatic carbocycles. The molecule has 0 atom stereocenters. The van der Waals surface area contributed by atoms with Gasteiger partial charge in [0.15, 0.2) is 0 Å². The summed E-state index contributed by atoms with van der Waals surface area (Å²) >= 11 is 6.32. The van der Waals surface area contributed by atoms with Gasteiger partial charge >= 0.3 is 0 Å². The van der Waals surface area contributed by atoms with Crippen molar-refractivity contribution in [3.8, 4) is 5.75 Å². The van der Waals surface area contributed by atoms with E-state index in [2.05, 4.69) is 11.9 Å². The number of likely N-dealkylation sites (tertiary alicyclic amines) is 1. The molecular weight excluding hydrogens is 426 g/mol. The Hall–Kier alpha value is -2.83. The number of imide groups is 1. The van der Waals surface area contributed by atoms with E-state index in [-0.39, 0.29) is 17.9 Å². The number of benzene rings is 2. The Morgan fingerprint density at radius 2 is 1.69 bits per heavy atom. The summed E-state index contributed by atoms with van der Waals surface area (Å²) in [6.45, 7) is 3.74. The Morgan fingerprint density at radius 3 is 2.31 bits per heavy atom. The lowest BCUT2D eigenvalue weighted by Gasteiger charge is -2.36. The number of ether oxygens (including phenoxy) is 1. The fourth-order valence-electron chi connectivity index (χ4n) is 4.49. The van der Waals surface area contributed by atoms with E-state index in [0.717, 1.165) is 25.9 Å². The molecule has 4 rings (SSSR count). The number of hydrogen-bond acceptors (Lipinski definition) is 5. The number of amides is 2. The largest absolute Gasteiger partial charge is 0.497 e. The molecule has 0 saturated carbocycles. The van der Waals surface area contributed by atoms with Crippen molar-refractivity contribution in [2.24, 2.45) is 0 Å². The van der Waals surface area contributed by atoms with E-state index in [1.165, 1.54) is 4.90 Å². The van der Waals surface area contributed by atoms with Gasteiger partial charge in [0.1, 0.15) is 11.4 Å². The van der Waals surface area contributed by atoms with Crippen LogP contribution in [0.3, 0.4) is 0 Å². The van der Waals surface area contributed by atoms with Crippen LogP contribution in [0.25, 0.3) is 5.57 Å². The highest BCUT2D eigenvalue weighted by Crippen LogP contribution is 2.38. The second kappa shape index (κ2) is 8.96. The van der Waals surface area contributed by atoms with Crippen molar-refractivity contribution in [1.29, 1.82) is 0 Å². The summed E-state index contributed by atoms with van der Waals surface area (Å²) in [4.78, 5) is 33.0. The average Bonchev–Trinajstić information content (AvgIpc) is 3.05. The molecule has 7 heteroatoms. The average molecular weight is 454 g/mol. The topological polar surface area (TPSA) is 53.1 Å². The highest BCUT2D eigenvalue weighted by molar-refractivity contribution is 6.46. The molecule has 168 valence electrons. The zero-order chi connectivity index (χ0) is 23.0. The maximum absolute atomic E-state index is 13.8. The first kappa shape index (κ1) is 22.4. The molecule has 6 nitrogen and oxygen atoms in total. The number of carbonyl (C=O) groups excluding carboxylic acids is 2. The summed E-state index contributed by atoms with van der Waals surface area (Å²) in [5.41, 5.74) is 2.77. The Balaban J connectivity index is 1.81. The predicted octanol–water partition coefficient (Wildman–Crippen LogP) is 3.97. The summed E-state index contributed by atoms with van der Waals surface area (Å²) in [5.74, 6) is 0.0480. The van der Waals surface area contributed by atoms with Gasteiger partial charge in [-0.1, -0.05) is 29.8 Å². The molecule has 1 saturated heterocycles. The number of anilines is 1. The fourth-order valence-corrected chi connectivity index (χ4v) is 4.65. The molecule has 0 unspecified atom stereocenters. The summed E-state index contributed by atoms with van der Waals surface area (Å²) in [6.07, 6.45) is 1.87. The summed E-state index contributed by atoms with van der Waals surface area (Å²) in [5, 5.41) is 0.520. The third kappa shape index (κ3) is 3.89. The van der Waals surface area contributed by atoms with Gasteiger partial charge in [0.2, 0.25) is 0 Å². The van der Waals surface area contributed by atoms with E-state index >= 15 is 0 Å². The van der Waals surface area contributed by atoms with Crippen LogP contribution in [0.15, 0.2) is 48.2 Å². The van der Waals surface area contributed by atoms with E-state index in [0.29, 0.717) is 38.9 Å². The van der Waals surface area contributed by atoms with Gasteiger partial charge in [0.25, 0.3) is 11.8 Å². The Labute approximate surface area is 194 Å². The quantitative estimate of drug-likeness (QED) is 0.641. The third-order valence-corrected chi connectivity index (χ3v) is 6.92. The highest BCUT2D eigenvalue weighted by Gasteiger charge is 2.43. The standard InChI is InChI=1S/C25H28ClN3O3/c1-16-20(26)6-5-7-21(16)29-24(30)22(17-8-10-19(32-4)11-9-17)23(25(29)31)28(3)18-12-14-27(2)15-13-18/h5-11,18H,12-15H2,1-4H3. The molecular formula is C25H28ClN3O3. The van der Waals surface area contributed by atoms with Crippen LogP contribution in [0.5, 0.6) is 5.75 Å². The first-order valence-corrected chi connectivity index (χ1v) is 11.1. The van der Waals surface area contributed by atoms with Crippen LogP contribution in [0.1, 0.15) is 24.0 Å². The van der Waals surface area contributed by atoms with Gasteiger partial charge in [-0.15, -0.1) is 0 Å². The van der Waals surface area contributed by atoms with Gasteiger partial charge in [-0.05, 0) is 75.3 Å². The molecule has 2 amide bonds. The van der Waals surface area contributed by atoms with E-state index in [4.69, 9.17) is 16.3 Å². The normalized spacial score (nSPS) is 18.0. The second-order valence-electron chi connectivity index (χ2n) is 8.43. The molecule has 0 aromatic heterocycles. The zero-order valence-electron chi connectivity index (χ0n) is 18.9. The molecule has 1 fully saturated rings. The highest BCUT2D eigenvalue weighted by atomic mass is 35.5. The predicted molar refractivity (Wildman–Crippen MR) is 127 cm³/mol.